The molecule has 0 aromatic carbocycles. The number of carbonyl (C=O) groups is 1. The van der Waals surface area contributed by atoms with Gasteiger partial charge in [-0.1, -0.05) is 17.7 Å². The fourth-order valence-electron chi connectivity index (χ4n) is 2.03. The molecule has 1 amide bonds. The molecule has 0 radical (unpaired) electrons. The Labute approximate surface area is 151 Å². The first-order valence-electron chi connectivity index (χ1n) is 8.09. The van der Waals surface area contributed by atoms with Gasteiger partial charge in [-0.05, 0) is 37.1 Å². The van der Waals surface area contributed by atoms with Gasteiger partial charge in [-0.25, -0.2) is 9.98 Å². The van der Waals surface area contributed by atoms with E-state index in [-0.39, 0.29) is 12.5 Å². The molecule has 2 aromatic rings. The van der Waals surface area contributed by atoms with E-state index in [0.717, 1.165) is 12.0 Å². The summed E-state index contributed by atoms with van der Waals surface area (Å²) in [5.74, 6) is 1.13. The van der Waals surface area contributed by atoms with Gasteiger partial charge in [0.2, 0.25) is 5.91 Å². The molecule has 25 heavy (non-hydrogen) atoms. The lowest BCUT2D eigenvalue weighted by molar-refractivity contribution is -0.119. The summed E-state index contributed by atoms with van der Waals surface area (Å²) in [5, 5.41) is 9.53. The first kappa shape index (κ1) is 18.8. The maximum absolute atomic E-state index is 11.8. The first-order valence-corrected chi connectivity index (χ1v) is 8.47. The normalized spacial score (nSPS) is 11.2. The van der Waals surface area contributed by atoms with Crippen LogP contribution in [0.25, 0.3) is 0 Å². The number of nitrogens with zero attached hydrogens (tertiary/aromatic N) is 2. The van der Waals surface area contributed by atoms with E-state index in [4.69, 9.17) is 16.0 Å². The van der Waals surface area contributed by atoms with Gasteiger partial charge in [-0.2, -0.15) is 0 Å². The van der Waals surface area contributed by atoms with Crippen molar-refractivity contribution in [2.75, 3.05) is 19.6 Å². The van der Waals surface area contributed by atoms with Crippen LogP contribution >= 0.6 is 11.6 Å². The Kier molecular flexibility index (Phi) is 7.78. The largest absolute Gasteiger partial charge is 0.467 e. The van der Waals surface area contributed by atoms with Crippen LogP contribution < -0.4 is 16.0 Å². The van der Waals surface area contributed by atoms with Crippen molar-refractivity contribution >= 4 is 23.5 Å². The first-order chi connectivity index (χ1) is 12.2. The van der Waals surface area contributed by atoms with Crippen molar-refractivity contribution in [3.8, 4) is 0 Å². The average Bonchev–Trinajstić information content (AvgIpc) is 3.13. The number of hydrogen-bond acceptors (Lipinski definition) is 4. The molecular weight excluding hydrogens is 342 g/mol. The number of furan rings is 1. The Hall–Kier alpha value is -2.54. The van der Waals surface area contributed by atoms with Gasteiger partial charge in [-0.15, -0.1) is 0 Å². The average molecular weight is 364 g/mol. The molecule has 0 bridgehead atoms. The summed E-state index contributed by atoms with van der Waals surface area (Å²) in [4.78, 5) is 20.2. The van der Waals surface area contributed by atoms with Gasteiger partial charge >= 0.3 is 0 Å². The van der Waals surface area contributed by atoms with E-state index in [1.807, 2.05) is 13.0 Å². The second-order valence-corrected chi connectivity index (χ2v) is 5.60. The number of amides is 1. The third kappa shape index (κ3) is 7.26. The van der Waals surface area contributed by atoms with Crippen molar-refractivity contribution in [2.24, 2.45) is 4.99 Å². The number of halogens is 1. The molecule has 0 saturated carbocycles. The third-order valence-corrected chi connectivity index (χ3v) is 3.48. The number of nitrogens with one attached hydrogen (secondary N) is 3. The molecular formula is C17H22ClN5O2. The highest BCUT2D eigenvalue weighted by atomic mass is 35.5. The topological polar surface area (TPSA) is 91.5 Å². The quantitative estimate of drug-likeness (QED) is 0.377. The summed E-state index contributed by atoms with van der Waals surface area (Å²) in [6.45, 7) is 3.75. The zero-order chi connectivity index (χ0) is 17.9. The second-order valence-electron chi connectivity index (χ2n) is 5.22. The summed E-state index contributed by atoms with van der Waals surface area (Å²) < 4.78 is 5.16. The van der Waals surface area contributed by atoms with Gasteiger partial charge in [0, 0.05) is 19.3 Å². The fourth-order valence-corrected chi connectivity index (χ4v) is 2.14. The molecule has 0 spiro atoms. The van der Waals surface area contributed by atoms with Gasteiger partial charge in [0.15, 0.2) is 5.96 Å². The Morgan fingerprint density at radius 2 is 2.16 bits per heavy atom. The van der Waals surface area contributed by atoms with Gasteiger partial charge in [0.1, 0.15) is 17.5 Å². The number of aliphatic imine (C=N–C) groups is 1. The van der Waals surface area contributed by atoms with Gasteiger partial charge in [0.25, 0.3) is 0 Å². The maximum atomic E-state index is 11.8. The summed E-state index contributed by atoms with van der Waals surface area (Å²) in [7, 11) is 0. The third-order valence-electron chi connectivity index (χ3n) is 3.26. The predicted molar refractivity (Wildman–Crippen MR) is 97.5 cm³/mol. The lowest BCUT2D eigenvalue weighted by atomic mass is 10.2. The molecule has 3 N–H and O–H groups in total. The number of rotatable bonds is 8. The van der Waals surface area contributed by atoms with Crippen LogP contribution in [0, 0.1) is 0 Å². The van der Waals surface area contributed by atoms with E-state index in [0.29, 0.717) is 36.5 Å². The predicted octanol–water partition coefficient (Wildman–Crippen LogP) is 1.74. The molecule has 7 nitrogen and oxygen atoms in total. The van der Waals surface area contributed by atoms with E-state index >= 15 is 0 Å². The van der Waals surface area contributed by atoms with Crippen LogP contribution in [0.15, 0.2) is 46.1 Å². The summed E-state index contributed by atoms with van der Waals surface area (Å²) in [6.07, 6.45) is 4.10. The number of guanidine groups is 1. The Morgan fingerprint density at radius 3 is 2.84 bits per heavy atom. The molecule has 134 valence electrons. The highest BCUT2D eigenvalue weighted by Crippen LogP contribution is 2.05. The van der Waals surface area contributed by atoms with Crippen LogP contribution in [-0.4, -0.2) is 36.5 Å². The van der Waals surface area contributed by atoms with Crippen molar-refractivity contribution in [1.29, 1.82) is 0 Å². The van der Waals surface area contributed by atoms with E-state index in [1.165, 1.54) is 0 Å². The van der Waals surface area contributed by atoms with Crippen LogP contribution in [0.3, 0.4) is 0 Å². The monoisotopic (exact) mass is 363 g/mol. The lowest BCUT2D eigenvalue weighted by Gasteiger charge is -2.11. The van der Waals surface area contributed by atoms with Crippen molar-refractivity contribution in [1.82, 2.24) is 20.9 Å². The van der Waals surface area contributed by atoms with Crippen molar-refractivity contribution in [2.45, 2.75) is 19.9 Å². The van der Waals surface area contributed by atoms with Gasteiger partial charge < -0.3 is 20.4 Å². The van der Waals surface area contributed by atoms with E-state index in [1.54, 1.807) is 30.7 Å². The smallest absolute Gasteiger partial charge is 0.242 e. The van der Waals surface area contributed by atoms with E-state index in [2.05, 4.69) is 25.9 Å². The minimum Gasteiger partial charge on any atom is -0.467 e. The summed E-state index contributed by atoms with van der Waals surface area (Å²) in [6, 6.07) is 7.28. The Morgan fingerprint density at radius 1 is 1.28 bits per heavy atom. The minimum atomic E-state index is -0.171. The van der Waals surface area contributed by atoms with E-state index < -0.39 is 0 Å². The van der Waals surface area contributed by atoms with Crippen molar-refractivity contribution < 1.29 is 9.21 Å². The Bertz CT molecular complexity index is 671. The number of hydrogen-bond donors (Lipinski definition) is 3. The Balaban J connectivity index is 1.74. The van der Waals surface area contributed by atoms with Crippen LogP contribution in [-0.2, 0) is 17.8 Å². The standard InChI is InChI=1S/C17H22ClN5O2/c1-2-19-17(20-8-7-13-5-6-15(18)21-10-13)23-12-16(24)22-11-14-4-3-9-25-14/h3-6,9-10H,2,7-8,11-12H2,1H3,(H,22,24)(H2,19,20,23). The highest BCUT2D eigenvalue weighted by Gasteiger charge is 2.04. The second kappa shape index (κ2) is 10.4. The number of aromatic nitrogens is 1. The van der Waals surface area contributed by atoms with Crippen LogP contribution in [0.1, 0.15) is 18.2 Å². The molecule has 8 heteroatoms. The fraction of sp³-hybridized carbons (Fsp3) is 0.353. The van der Waals surface area contributed by atoms with Gasteiger partial charge in [-0.3, -0.25) is 4.79 Å². The molecule has 2 aromatic heterocycles. The number of pyridine rings is 1. The molecule has 0 atom stereocenters. The zero-order valence-electron chi connectivity index (χ0n) is 14.1. The van der Waals surface area contributed by atoms with Crippen molar-refractivity contribution in [3.05, 3.63) is 53.2 Å². The summed E-state index contributed by atoms with van der Waals surface area (Å²) in [5.41, 5.74) is 1.07. The number of carbonyl (C=O) groups excluding carboxylic acids is 1. The SMILES string of the molecule is CCNC(=NCC(=O)NCc1ccco1)NCCc1ccc(Cl)nc1. The van der Waals surface area contributed by atoms with Crippen LogP contribution in [0.5, 0.6) is 0 Å². The minimum absolute atomic E-state index is 0.0402. The van der Waals surface area contributed by atoms with Crippen LogP contribution in [0.2, 0.25) is 5.15 Å². The molecule has 2 heterocycles. The highest BCUT2D eigenvalue weighted by molar-refractivity contribution is 6.29. The molecule has 0 aliphatic heterocycles. The molecule has 0 saturated heterocycles. The molecule has 0 aliphatic rings. The summed E-state index contributed by atoms with van der Waals surface area (Å²) >= 11 is 5.77. The van der Waals surface area contributed by atoms with Crippen LogP contribution in [0.4, 0.5) is 0 Å². The molecule has 0 fully saturated rings. The molecule has 0 unspecified atom stereocenters. The molecule has 0 aliphatic carbocycles. The zero-order valence-corrected chi connectivity index (χ0v) is 14.8. The lowest BCUT2D eigenvalue weighted by Crippen LogP contribution is -2.39. The maximum Gasteiger partial charge on any atom is 0.242 e. The van der Waals surface area contributed by atoms with Crippen molar-refractivity contribution in [3.63, 3.8) is 0 Å². The van der Waals surface area contributed by atoms with Gasteiger partial charge in [0.05, 0.1) is 12.8 Å². The van der Waals surface area contributed by atoms with E-state index in [9.17, 15) is 4.79 Å². The molecule has 2 rings (SSSR count).